The Morgan fingerprint density at radius 1 is 1.00 bits per heavy atom. The summed E-state index contributed by atoms with van der Waals surface area (Å²) in [5.41, 5.74) is 4.44. The second-order valence-corrected chi connectivity index (χ2v) is 7.73. The second kappa shape index (κ2) is 9.64. The summed E-state index contributed by atoms with van der Waals surface area (Å²) in [5, 5.41) is 8.23. The lowest BCUT2D eigenvalue weighted by molar-refractivity contribution is 0.371. The van der Waals surface area contributed by atoms with Gasteiger partial charge in [0.2, 0.25) is 0 Å². The summed E-state index contributed by atoms with van der Waals surface area (Å²) in [6, 6.07) is 16.3. The predicted octanol–water partition coefficient (Wildman–Crippen LogP) is 3.17. The number of hydrogen-bond acceptors (Lipinski definition) is 4. The maximum atomic E-state index is 4.98. The monoisotopic (exact) mass is 417 g/mol. The van der Waals surface area contributed by atoms with Crippen LogP contribution >= 0.6 is 0 Å². The van der Waals surface area contributed by atoms with Gasteiger partial charge in [-0.25, -0.2) is 14.7 Å². The predicted molar refractivity (Wildman–Crippen MR) is 126 cm³/mol. The zero-order valence-corrected chi connectivity index (χ0v) is 18.6. The van der Waals surface area contributed by atoms with Crippen molar-refractivity contribution in [3.05, 3.63) is 71.7 Å². The molecule has 7 nitrogen and oxygen atoms in total. The van der Waals surface area contributed by atoms with E-state index in [1.807, 2.05) is 41.2 Å². The summed E-state index contributed by atoms with van der Waals surface area (Å²) in [5.74, 6) is 2.01. The van der Waals surface area contributed by atoms with Crippen LogP contribution in [-0.2, 0) is 6.54 Å². The number of piperazine rings is 1. The van der Waals surface area contributed by atoms with Crippen molar-refractivity contribution in [2.45, 2.75) is 27.3 Å². The molecular weight excluding hydrogens is 386 g/mol. The maximum absolute atomic E-state index is 4.98. The van der Waals surface area contributed by atoms with Gasteiger partial charge in [0.05, 0.1) is 17.9 Å². The van der Waals surface area contributed by atoms with Gasteiger partial charge in [0.1, 0.15) is 5.82 Å². The van der Waals surface area contributed by atoms with Gasteiger partial charge in [-0.2, -0.15) is 5.10 Å². The molecule has 1 fully saturated rings. The number of aliphatic imine (C=N–C) groups is 1. The van der Waals surface area contributed by atoms with Crippen molar-refractivity contribution >= 4 is 11.8 Å². The van der Waals surface area contributed by atoms with Crippen LogP contribution in [0.2, 0.25) is 0 Å². The molecule has 1 aliphatic rings. The first-order chi connectivity index (χ1) is 15.2. The van der Waals surface area contributed by atoms with Crippen molar-refractivity contribution in [3.63, 3.8) is 0 Å². The number of nitrogens with zero attached hydrogens (tertiary/aromatic N) is 6. The molecule has 1 saturated heterocycles. The minimum absolute atomic E-state index is 0.618. The lowest BCUT2D eigenvalue weighted by atomic mass is 10.2. The summed E-state index contributed by atoms with van der Waals surface area (Å²) in [4.78, 5) is 14.1. The molecule has 0 radical (unpaired) electrons. The molecule has 1 N–H and O–H groups in total. The molecule has 3 heterocycles. The Balaban J connectivity index is 1.47. The number of anilines is 1. The number of guanidine groups is 1. The van der Waals surface area contributed by atoms with Crippen molar-refractivity contribution in [1.29, 1.82) is 0 Å². The Hall–Kier alpha value is -3.35. The Morgan fingerprint density at radius 3 is 2.42 bits per heavy atom. The van der Waals surface area contributed by atoms with Crippen LogP contribution in [0.3, 0.4) is 0 Å². The highest BCUT2D eigenvalue weighted by atomic mass is 15.4. The highest BCUT2D eigenvalue weighted by Crippen LogP contribution is 2.19. The molecule has 1 aliphatic heterocycles. The molecule has 0 bridgehead atoms. The molecule has 7 heteroatoms. The van der Waals surface area contributed by atoms with E-state index in [-0.39, 0.29) is 0 Å². The highest BCUT2D eigenvalue weighted by molar-refractivity contribution is 5.80. The number of aromatic nitrogens is 3. The summed E-state index contributed by atoms with van der Waals surface area (Å²) < 4.78 is 2.01. The number of aryl methyl sites for hydroxylation is 1. The minimum Gasteiger partial charge on any atom is -0.357 e. The van der Waals surface area contributed by atoms with Crippen molar-refractivity contribution in [2.75, 3.05) is 37.6 Å². The van der Waals surface area contributed by atoms with E-state index in [1.54, 1.807) is 0 Å². The fourth-order valence-corrected chi connectivity index (χ4v) is 3.99. The van der Waals surface area contributed by atoms with Gasteiger partial charge in [-0.05, 0) is 45.0 Å². The van der Waals surface area contributed by atoms with Gasteiger partial charge >= 0.3 is 0 Å². The third-order valence-electron chi connectivity index (χ3n) is 5.72. The largest absolute Gasteiger partial charge is 0.357 e. The molecule has 1 aromatic carbocycles. The van der Waals surface area contributed by atoms with Crippen molar-refractivity contribution in [3.8, 4) is 5.69 Å². The number of benzene rings is 1. The quantitative estimate of drug-likeness (QED) is 0.510. The van der Waals surface area contributed by atoms with E-state index in [4.69, 9.17) is 10.1 Å². The molecule has 0 amide bonds. The van der Waals surface area contributed by atoms with Crippen LogP contribution in [0.5, 0.6) is 0 Å². The van der Waals surface area contributed by atoms with Gasteiger partial charge in [-0.15, -0.1) is 0 Å². The first kappa shape index (κ1) is 20.9. The Bertz CT molecular complexity index is 1000. The molecule has 2 aromatic heterocycles. The van der Waals surface area contributed by atoms with Crippen LogP contribution in [-0.4, -0.2) is 58.3 Å². The average Bonchev–Trinajstić information content (AvgIpc) is 3.11. The van der Waals surface area contributed by atoms with Crippen molar-refractivity contribution in [2.24, 2.45) is 4.99 Å². The molecule has 0 spiro atoms. The summed E-state index contributed by atoms with van der Waals surface area (Å²) in [6.07, 6.45) is 1.85. The van der Waals surface area contributed by atoms with E-state index >= 15 is 0 Å². The molecule has 0 unspecified atom stereocenters. The van der Waals surface area contributed by atoms with Crippen LogP contribution in [0.25, 0.3) is 5.69 Å². The van der Waals surface area contributed by atoms with Gasteiger partial charge in [0.15, 0.2) is 5.96 Å². The van der Waals surface area contributed by atoms with Gasteiger partial charge in [0, 0.05) is 50.2 Å². The molecular formula is C24H31N7. The van der Waals surface area contributed by atoms with Crippen molar-refractivity contribution in [1.82, 2.24) is 25.0 Å². The zero-order valence-electron chi connectivity index (χ0n) is 18.6. The number of hydrogen-bond donors (Lipinski definition) is 1. The SMILES string of the molecule is CCNC(=NCc1c(C)nn(-c2ccccc2)c1C)N1CCN(c2ccccn2)CC1. The van der Waals surface area contributed by atoms with E-state index < -0.39 is 0 Å². The second-order valence-electron chi connectivity index (χ2n) is 7.73. The van der Waals surface area contributed by atoms with Crippen LogP contribution in [0.4, 0.5) is 5.82 Å². The summed E-state index contributed by atoms with van der Waals surface area (Å²) in [7, 11) is 0. The summed E-state index contributed by atoms with van der Waals surface area (Å²) in [6.45, 7) is 11.5. The van der Waals surface area contributed by atoms with Crippen LogP contribution in [0.15, 0.2) is 59.7 Å². The molecule has 31 heavy (non-hydrogen) atoms. The van der Waals surface area contributed by atoms with Gasteiger partial charge < -0.3 is 15.1 Å². The van der Waals surface area contributed by atoms with Crippen LogP contribution in [0, 0.1) is 13.8 Å². The standard InChI is InChI=1S/C24H31N7/c1-4-25-24(30-16-14-29(15-17-30)23-12-8-9-13-26-23)27-18-22-19(2)28-31(20(22)3)21-10-6-5-7-11-21/h5-13H,4,14-18H2,1-3H3,(H,25,27). The smallest absolute Gasteiger partial charge is 0.194 e. The third-order valence-corrected chi connectivity index (χ3v) is 5.72. The number of para-hydroxylation sites is 1. The Labute approximate surface area is 184 Å². The number of pyridine rings is 1. The van der Waals surface area contributed by atoms with E-state index in [2.05, 4.69) is 59.1 Å². The maximum Gasteiger partial charge on any atom is 0.194 e. The number of nitrogens with one attached hydrogen (secondary N) is 1. The van der Waals surface area contributed by atoms with E-state index in [1.165, 1.54) is 5.56 Å². The lowest BCUT2D eigenvalue weighted by Gasteiger charge is -2.37. The molecule has 0 saturated carbocycles. The molecule has 0 aliphatic carbocycles. The topological polar surface area (TPSA) is 61.6 Å². The lowest BCUT2D eigenvalue weighted by Crippen LogP contribution is -2.52. The normalized spacial score (nSPS) is 14.7. The first-order valence-corrected chi connectivity index (χ1v) is 11.0. The van der Waals surface area contributed by atoms with E-state index in [0.717, 1.165) is 61.6 Å². The van der Waals surface area contributed by atoms with Crippen LogP contribution in [0.1, 0.15) is 23.9 Å². The molecule has 4 rings (SSSR count). The fourth-order valence-electron chi connectivity index (χ4n) is 3.99. The Kier molecular flexibility index (Phi) is 6.50. The minimum atomic E-state index is 0.618. The van der Waals surface area contributed by atoms with Gasteiger partial charge in [0.25, 0.3) is 0 Å². The first-order valence-electron chi connectivity index (χ1n) is 11.0. The van der Waals surface area contributed by atoms with E-state index in [0.29, 0.717) is 6.54 Å². The number of rotatable bonds is 5. The highest BCUT2D eigenvalue weighted by Gasteiger charge is 2.21. The third kappa shape index (κ3) is 4.71. The van der Waals surface area contributed by atoms with Crippen LogP contribution < -0.4 is 10.2 Å². The Morgan fingerprint density at radius 2 is 1.74 bits per heavy atom. The molecule has 0 atom stereocenters. The van der Waals surface area contributed by atoms with Gasteiger partial charge in [-0.1, -0.05) is 24.3 Å². The van der Waals surface area contributed by atoms with Crippen molar-refractivity contribution < 1.29 is 0 Å². The van der Waals surface area contributed by atoms with E-state index in [9.17, 15) is 0 Å². The zero-order chi connectivity index (χ0) is 21.6. The molecule has 162 valence electrons. The molecule has 3 aromatic rings. The fraction of sp³-hybridized carbons (Fsp3) is 0.375. The average molecular weight is 418 g/mol. The summed E-state index contributed by atoms with van der Waals surface area (Å²) >= 11 is 0. The van der Waals surface area contributed by atoms with Gasteiger partial charge in [-0.3, -0.25) is 0 Å².